The summed E-state index contributed by atoms with van der Waals surface area (Å²) in [5.41, 5.74) is 19.1. The van der Waals surface area contributed by atoms with Crippen molar-refractivity contribution in [3.63, 3.8) is 0 Å². The van der Waals surface area contributed by atoms with Gasteiger partial charge in [-0.25, -0.2) is 9.97 Å². The molecule has 2 N–H and O–H groups in total. The highest BCUT2D eigenvalue weighted by Gasteiger charge is 2.18. The first kappa shape index (κ1) is 23.3. The zero-order valence-corrected chi connectivity index (χ0v) is 22.3. The summed E-state index contributed by atoms with van der Waals surface area (Å²) in [6, 6.07) is 8.91. The van der Waals surface area contributed by atoms with Crippen molar-refractivity contribution in [3.05, 3.63) is 69.3 Å². The van der Waals surface area contributed by atoms with Gasteiger partial charge in [-0.1, -0.05) is 20.8 Å². The molecule has 180 valence electrons. The minimum Gasteiger partial charge on any atom is -0.355 e. The van der Waals surface area contributed by atoms with Gasteiger partial charge in [0.1, 0.15) is 0 Å². The number of rotatable bonds is 3. The average Bonchev–Trinajstić information content (AvgIpc) is 3.48. The van der Waals surface area contributed by atoms with Gasteiger partial charge in [0.05, 0.1) is 22.8 Å². The van der Waals surface area contributed by atoms with Crippen molar-refractivity contribution in [2.45, 2.75) is 74.7 Å². The van der Waals surface area contributed by atoms with Crippen molar-refractivity contribution >= 4 is 44.4 Å². The Bertz CT molecular complexity index is 1590. The first-order valence-electron chi connectivity index (χ1n) is 12.9. The lowest BCUT2D eigenvalue weighted by atomic mass is 10.0. The van der Waals surface area contributed by atoms with E-state index >= 15 is 0 Å². The molecule has 0 fully saturated rings. The molecule has 0 saturated carbocycles. The number of H-pyrrole nitrogens is 2. The van der Waals surface area contributed by atoms with Crippen molar-refractivity contribution < 1.29 is 0 Å². The first-order chi connectivity index (χ1) is 16.8. The van der Waals surface area contributed by atoms with Crippen molar-refractivity contribution in [3.8, 4) is 0 Å². The molecule has 0 aromatic carbocycles. The van der Waals surface area contributed by atoms with Gasteiger partial charge in [-0.3, -0.25) is 0 Å². The molecule has 8 bridgehead atoms. The Morgan fingerprint density at radius 3 is 1.37 bits per heavy atom. The summed E-state index contributed by atoms with van der Waals surface area (Å²) in [5.74, 6) is 0. The Morgan fingerprint density at radius 1 is 0.514 bits per heavy atom. The molecular formula is C31H36N4. The molecule has 5 heterocycles. The molecule has 0 atom stereocenters. The van der Waals surface area contributed by atoms with Crippen LogP contribution >= 0.6 is 0 Å². The number of fused-ring (bicyclic) bond motifs is 8. The Morgan fingerprint density at radius 2 is 0.914 bits per heavy atom. The smallest absolute Gasteiger partial charge is 0.0693 e. The van der Waals surface area contributed by atoms with Crippen LogP contribution in [0.3, 0.4) is 0 Å². The van der Waals surface area contributed by atoms with E-state index in [9.17, 15) is 0 Å². The van der Waals surface area contributed by atoms with E-state index in [1.54, 1.807) is 0 Å². The number of nitrogens with one attached hydrogen (secondary N) is 2. The predicted molar refractivity (Wildman–Crippen MR) is 150 cm³/mol. The molecule has 3 aromatic rings. The van der Waals surface area contributed by atoms with Gasteiger partial charge in [0.25, 0.3) is 0 Å². The normalized spacial score (nSPS) is 13.8. The third-order valence-electron chi connectivity index (χ3n) is 8.05. The van der Waals surface area contributed by atoms with Crippen LogP contribution in [0.25, 0.3) is 44.4 Å². The topological polar surface area (TPSA) is 57.4 Å². The highest BCUT2D eigenvalue weighted by Crippen LogP contribution is 2.35. The van der Waals surface area contributed by atoms with Gasteiger partial charge in [-0.05, 0) is 123 Å². The zero-order chi connectivity index (χ0) is 25.0. The number of allylic oxidation sites excluding steroid dienone is 4. The van der Waals surface area contributed by atoms with Gasteiger partial charge in [0.15, 0.2) is 0 Å². The van der Waals surface area contributed by atoms with Crippen molar-refractivity contribution in [1.29, 1.82) is 0 Å². The molecule has 4 heteroatoms. The van der Waals surface area contributed by atoms with Crippen LogP contribution in [0.1, 0.15) is 93.0 Å². The molecule has 0 spiro atoms. The zero-order valence-electron chi connectivity index (χ0n) is 22.3. The Labute approximate surface area is 208 Å². The first-order valence-corrected chi connectivity index (χ1v) is 12.9. The highest BCUT2D eigenvalue weighted by atomic mass is 14.8. The number of aryl methyl sites for hydroxylation is 4. The van der Waals surface area contributed by atoms with Crippen molar-refractivity contribution in [1.82, 2.24) is 19.9 Å². The number of aromatic amines is 2. The van der Waals surface area contributed by atoms with E-state index < -0.39 is 0 Å². The van der Waals surface area contributed by atoms with Crippen LogP contribution in [0.15, 0.2) is 24.3 Å². The summed E-state index contributed by atoms with van der Waals surface area (Å²) in [6.07, 6.45) is 2.90. The number of hydrogen-bond donors (Lipinski definition) is 2. The van der Waals surface area contributed by atoms with Gasteiger partial charge in [0, 0.05) is 22.1 Å². The molecule has 3 aromatic heterocycles. The Kier molecular flexibility index (Phi) is 5.79. The maximum Gasteiger partial charge on any atom is 0.0693 e. The SMILES string of the molecule is CCC1=C(C)c2cc3[nH]c(cc4nc(cc5[nH]c(cc1n2)c(C)c5CC)C(C)=C4C)c(C)c3CC. The molecule has 0 radical (unpaired) electrons. The minimum absolute atomic E-state index is 0.958. The fraction of sp³-hybridized carbons (Fsp3) is 0.355. The third-order valence-corrected chi connectivity index (χ3v) is 8.05. The van der Waals surface area contributed by atoms with Crippen LogP contribution < -0.4 is 0 Å². The van der Waals surface area contributed by atoms with Gasteiger partial charge >= 0.3 is 0 Å². The quantitative estimate of drug-likeness (QED) is 0.409. The van der Waals surface area contributed by atoms with E-state index in [0.29, 0.717) is 0 Å². The van der Waals surface area contributed by atoms with Crippen molar-refractivity contribution in [2.24, 2.45) is 0 Å². The second-order valence-corrected chi connectivity index (χ2v) is 9.87. The molecule has 0 saturated heterocycles. The fourth-order valence-corrected chi connectivity index (χ4v) is 5.65. The Balaban J connectivity index is 1.99. The van der Waals surface area contributed by atoms with Gasteiger partial charge in [-0.2, -0.15) is 0 Å². The molecule has 2 aliphatic heterocycles. The number of nitrogens with zero attached hydrogens (tertiary/aromatic N) is 2. The molecule has 0 amide bonds. The summed E-state index contributed by atoms with van der Waals surface area (Å²) in [4.78, 5) is 17.6. The van der Waals surface area contributed by atoms with Gasteiger partial charge in [-0.15, -0.1) is 0 Å². The standard InChI is InChI=1S/C31H36N4/c1-9-21-18(6)26-12-24-16(4)17(5)25(32-24)13-29-22(10-2)19(7)27(34-29)15-31-23(11-3)20(8)28(35-31)14-30(21)33-26/h12-15,33-34H,9-11H2,1-8H3. The van der Waals surface area contributed by atoms with E-state index in [0.717, 1.165) is 64.1 Å². The monoisotopic (exact) mass is 464 g/mol. The van der Waals surface area contributed by atoms with Crippen LogP contribution in [-0.4, -0.2) is 19.9 Å². The number of aromatic nitrogens is 4. The van der Waals surface area contributed by atoms with E-state index in [1.807, 2.05) is 0 Å². The maximum atomic E-state index is 5.13. The second-order valence-electron chi connectivity index (χ2n) is 9.87. The molecule has 2 aliphatic rings. The largest absolute Gasteiger partial charge is 0.355 e. The average molecular weight is 465 g/mol. The highest BCUT2D eigenvalue weighted by molar-refractivity contribution is 5.94. The van der Waals surface area contributed by atoms with E-state index in [2.05, 4.69) is 89.6 Å². The van der Waals surface area contributed by atoms with Crippen LogP contribution in [0.4, 0.5) is 0 Å². The van der Waals surface area contributed by atoms with Gasteiger partial charge < -0.3 is 9.97 Å². The molecule has 0 unspecified atom stereocenters. The van der Waals surface area contributed by atoms with Crippen LogP contribution in [0, 0.1) is 13.8 Å². The molecule has 4 nitrogen and oxygen atoms in total. The summed E-state index contributed by atoms with van der Waals surface area (Å²) in [5, 5.41) is 0. The van der Waals surface area contributed by atoms with E-state index in [-0.39, 0.29) is 0 Å². The Hall–Kier alpha value is -3.40. The number of hydrogen-bond acceptors (Lipinski definition) is 2. The lowest BCUT2D eigenvalue weighted by Crippen LogP contribution is -1.83. The summed E-state index contributed by atoms with van der Waals surface area (Å²) >= 11 is 0. The van der Waals surface area contributed by atoms with Crippen molar-refractivity contribution in [2.75, 3.05) is 0 Å². The molecular weight excluding hydrogens is 428 g/mol. The predicted octanol–water partition coefficient (Wildman–Crippen LogP) is 8.35. The fourth-order valence-electron chi connectivity index (χ4n) is 5.65. The second kappa shape index (κ2) is 8.67. The molecule has 5 rings (SSSR count). The summed E-state index contributed by atoms with van der Waals surface area (Å²) < 4.78 is 0. The summed E-state index contributed by atoms with van der Waals surface area (Å²) in [6.45, 7) is 17.7. The molecule has 0 aliphatic carbocycles. The third kappa shape index (κ3) is 3.67. The van der Waals surface area contributed by atoms with Crippen LogP contribution in [0.5, 0.6) is 0 Å². The van der Waals surface area contributed by atoms with Crippen LogP contribution in [-0.2, 0) is 12.8 Å². The molecule has 35 heavy (non-hydrogen) atoms. The minimum atomic E-state index is 0.958. The van der Waals surface area contributed by atoms with E-state index in [4.69, 9.17) is 9.97 Å². The van der Waals surface area contributed by atoms with Gasteiger partial charge in [0.2, 0.25) is 0 Å². The lowest BCUT2D eigenvalue weighted by Gasteiger charge is -1.99. The summed E-state index contributed by atoms with van der Waals surface area (Å²) in [7, 11) is 0. The maximum absolute atomic E-state index is 5.13. The van der Waals surface area contributed by atoms with Crippen LogP contribution in [0.2, 0.25) is 0 Å². The lowest BCUT2D eigenvalue weighted by molar-refractivity contribution is 1.14. The van der Waals surface area contributed by atoms with E-state index in [1.165, 1.54) is 44.5 Å².